The maximum atomic E-state index is 4.22. The van der Waals surface area contributed by atoms with Crippen LogP contribution in [0.5, 0.6) is 0 Å². The summed E-state index contributed by atoms with van der Waals surface area (Å²) in [5.74, 6) is 0. The van der Waals surface area contributed by atoms with E-state index in [0.717, 1.165) is 5.03 Å². The molecule has 0 atom stereocenters. The first-order chi connectivity index (χ1) is 5.45. The quantitative estimate of drug-likeness (QED) is 0.659. The van der Waals surface area contributed by atoms with Crippen LogP contribution < -0.4 is 0 Å². The largest absolute Gasteiger partial charge is 0.245 e. The Morgan fingerprint density at radius 3 is 2.91 bits per heavy atom. The maximum absolute atomic E-state index is 4.22. The van der Waals surface area contributed by atoms with Crippen molar-refractivity contribution < 1.29 is 0 Å². The molecule has 11 heavy (non-hydrogen) atoms. The molecule has 0 aliphatic carbocycles. The van der Waals surface area contributed by atoms with Gasteiger partial charge in [0.1, 0.15) is 5.03 Å². The van der Waals surface area contributed by atoms with Gasteiger partial charge in [-0.25, -0.2) is 9.29 Å². The monoisotopic (exact) mass is 186 g/mol. The van der Waals surface area contributed by atoms with Crippen molar-refractivity contribution in [3.05, 3.63) is 10.9 Å². The average Bonchev–Trinajstić information content (AvgIpc) is 2.60. The van der Waals surface area contributed by atoms with Crippen molar-refractivity contribution in [3.8, 4) is 0 Å². The fourth-order valence-corrected chi connectivity index (χ4v) is 2.78. The molecule has 2 rings (SSSR count). The van der Waals surface area contributed by atoms with E-state index in [4.69, 9.17) is 0 Å². The Hall–Kier alpha value is -0.0600. The first-order valence-corrected chi connectivity index (χ1v) is 5.48. The summed E-state index contributed by atoms with van der Waals surface area (Å²) < 4.78 is 2.38. The normalized spacial score (nSPS) is 19.3. The van der Waals surface area contributed by atoms with Gasteiger partial charge in [0.2, 0.25) is 0 Å². The third kappa shape index (κ3) is 1.95. The van der Waals surface area contributed by atoms with Gasteiger partial charge in [-0.1, -0.05) is 0 Å². The molecule has 0 spiro atoms. The van der Waals surface area contributed by atoms with E-state index >= 15 is 0 Å². The second-order valence-electron chi connectivity index (χ2n) is 2.55. The fourth-order valence-electron chi connectivity index (χ4n) is 1.16. The Morgan fingerprint density at radius 2 is 2.27 bits per heavy atom. The van der Waals surface area contributed by atoms with Crippen molar-refractivity contribution in [2.45, 2.75) is 17.9 Å². The molecule has 2 nitrogen and oxygen atoms in total. The van der Waals surface area contributed by atoms with Gasteiger partial charge in [0, 0.05) is 18.5 Å². The molecule has 0 unspecified atom stereocenters. The van der Waals surface area contributed by atoms with Crippen LogP contribution in [0.25, 0.3) is 0 Å². The van der Waals surface area contributed by atoms with Crippen molar-refractivity contribution in [3.63, 3.8) is 0 Å². The molecule has 0 bridgehead atoms. The highest BCUT2D eigenvalue weighted by atomic mass is 32.2. The minimum Gasteiger partial charge on any atom is -0.245 e. The second-order valence-corrected chi connectivity index (χ2v) is 4.39. The van der Waals surface area contributed by atoms with Gasteiger partial charge in [0.25, 0.3) is 0 Å². The Balaban J connectivity index is 1.90. The molecule has 4 heteroatoms. The van der Waals surface area contributed by atoms with E-state index in [1.54, 1.807) is 23.3 Å². The smallest absolute Gasteiger partial charge is 0.122 e. The minimum atomic E-state index is 1.15. The van der Waals surface area contributed by atoms with Gasteiger partial charge < -0.3 is 0 Å². The van der Waals surface area contributed by atoms with Crippen LogP contribution in [-0.2, 0) is 0 Å². The first-order valence-electron chi connectivity index (χ1n) is 3.76. The van der Waals surface area contributed by atoms with Crippen LogP contribution in [0.15, 0.2) is 15.9 Å². The van der Waals surface area contributed by atoms with Crippen LogP contribution in [0.2, 0.25) is 0 Å². The zero-order valence-electron chi connectivity index (χ0n) is 6.19. The van der Waals surface area contributed by atoms with Crippen LogP contribution in [0.3, 0.4) is 0 Å². The summed E-state index contributed by atoms with van der Waals surface area (Å²) in [5, 5.41) is 3.25. The molecule has 0 N–H and O–H groups in total. The molecule has 1 aromatic heterocycles. The summed E-state index contributed by atoms with van der Waals surface area (Å²) in [5.41, 5.74) is 1.89. The van der Waals surface area contributed by atoms with E-state index in [-0.39, 0.29) is 0 Å². The van der Waals surface area contributed by atoms with E-state index in [1.807, 2.05) is 5.51 Å². The van der Waals surface area contributed by atoms with Gasteiger partial charge in [-0.2, -0.15) is 0 Å². The topological polar surface area (TPSA) is 16.1 Å². The SMILES string of the molecule is c1nc(SN2CCCC2)cs1. The summed E-state index contributed by atoms with van der Waals surface area (Å²) in [7, 11) is 0. The molecule has 0 aromatic carbocycles. The Labute approximate surface area is 74.8 Å². The second kappa shape index (κ2) is 3.56. The zero-order chi connectivity index (χ0) is 7.52. The molecule has 1 fully saturated rings. The number of rotatable bonds is 2. The Bertz CT molecular complexity index is 204. The van der Waals surface area contributed by atoms with Gasteiger partial charge >= 0.3 is 0 Å². The summed E-state index contributed by atoms with van der Waals surface area (Å²) >= 11 is 3.45. The van der Waals surface area contributed by atoms with Gasteiger partial charge in [0.05, 0.1) is 5.51 Å². The van der Waals surface area contributed by atoms with Crippen LogP contribution in [0, 0.1) is 0 Å². The predicted molar refractivity (Wildman–Crippen MR) is 48.8 cm³/mol. The first kappa shape index (κ1) is 7.58. The highest BCUT2D eigenvalue weighted by molar-refractivity contribution is 7.97. The molecular weight excluding hydrogens is 176 g/mol. The Kier molecular flexibility index (Phi) is 2.45. The lowest BCUT2D eigenvalue weighted by atomic mass is 10.4. The van der Waals surface area contributed by atoms with Gasteiger partial charge in [-0.3, -0.25) is 0 Å². The highest BCUT2D eigenvalue weighted by Crippen LogP contribution is 2.25. The standard InChI is InChI=1S/C7H10N2S2/c1-2-4-9(3-1)11-7-5-10-6-8-7/h5-6H,1-4H2. The van der Waals surface area contributed by atoms with Gasteiger partial charge in [0.15, 0.2) is 0 Å². The summed E-state index contributed by atoms with van der Waals surface area (Å²) in [6, 6.07) is 0. The lowest BCUT2D eigenvalue weighted by molar-refractivity contribution is 0.585. The van der Waals surface area contributed by atoms with Crippen molar-refractivity contribution in [1.29, 1.82) is 0 Å². The maximum Gasteiger partial charge on any atom is 0.122 e. The third-order valence-corrected chi connectivity index (χ3v) is 3.47. The molecule has 2 heterocycles. The molecule has 1 aliphatic rings. The number of nitrogens with zero attached hydrogens (tertiary/aromatic N) is 2. The molecule has 60 valence electrons. The number of aromatic nitrogens is 1. The lowest BCUT2D eigenvalue weighted by Crippen LogP contribution is -2.08. The highest BCUT2D eigenvalue weighted by Gasteiger charge is 2.12. The number of hydrogen-bond donors (Lipinski definition) is 0. The molecule has 0 radical (unpaired) electrons. The van der Waals surface area contributed by atoms with Crippen molar-refractivity contribution in [1.82, 2.24) is 9.29 Å². The number of hydrogen-bond acceptors (Lipinski definition) is 4. The third-order valence-electron chi connectivity index (χ3n) is 1.70. The minimum absolute atomic E-state index is 1.15. The lowest BCUT2D eigenvalue weighted by Gasteiger charge is -2.09. The zero-order valence-corrected chi connectivity index (χ0v) is 7.83. The van der Waals surface area contributed by atoms with Gasteiger partial charge in [-0.15, -0.1) is 11.3 Å². The van der Waals surface area contributed by atoms with Crippen molar-refractivity contribution in [2.75, 3.05) is 13.1 Å². The summed E-state index contributed by atoms with van der Waals surface area (Å²) in [6.45, 7) is 2.45. The van der Waals surface area contributed by atoms with Crippen molar-refractivity contribution in [2.24, 2.45) is 0 Å². The van der Waals surface area contributed by atoms with Gasteiger partial charge in [-0.05, 0) is 24.8 Å². The molecule has 1 aliphatic heterocycles. The van der Waals surface area contributed by atoms with E-state index in [1.165, 1.54) is 25.9 Å². The van der Waals surface area contributed by atoms with Crippen LogP contribution in [0.1, 0.15) is 12.8 Å². The molecule has 1 saturated heterocycles. The van der Waals surface area contributed by atoms with E-state index in [9.17, 15) is 0 Å². The summed E-state index contributed by atoms with van der Waals surface area (Å²) in [4.78, 5) is 4.22. The average molecular weight is 186 g/mol. The number of thiazole rings is 1. The van der Waals surface area contributed by atoms with Crippen LogP contribution >= 0.6 is 23.3 Å². The van der Waals surface area contributed by atoms with E-state index in [0.29, 0.717) is 0 Å². The molecule has 1 aromatic rings. The van der Waals surface area contributed by atoms with Crippen LogP contribution in [0.4, 0.5) is 0 Å². The molecule has 0 amide bonds. The summed E-state index contributed by atoms with van der Waals surface area (Å²) in [6.07, 6.45) is 2.69. The van der Waals surface area contributed by atoms with E-state index in [2.05, 4.69) is 14.7 Å². The molecule has 0 saturated carbocycles. The van der Waals surface area contributed by atoms with E-state index < -0.39 is 0 Å². The predicted octanol–water partition coefficient (Wildman–Crippen LogP) is 2.25. The van der Waals surface area contributed by atoms with Crippen LogP contribution in [-0.4, -0.2) is 22.4 Å². The Morgan fingerprint density at radius 1 is 1.45 bits per heavy atom. The van der Waals surface area contributed by atoms with Crippen molar-refractivity contribution >= 4 is 23.3 Å². The molecular formula is C7H10N2S2. The fraction of sp³-hybridized carbons (Fsp3) is 0.571.